The molecule has 1 saturated heterocycles. The van der Waals surface area contributed by atoms with Crippen molar-refractivity contribution in [3.8, 4) is 0 Å². The average Bonchev–Trinajstić information content (AvgIpc) is 2.50. The van der Waals surface area contributed by atoms with Crippen molar-refractivity contribution < 1.29 is 4.74 Å². The zero-order valence-electron chi connectivity index (χ0n) is 6.24. The van der Waals surface area contributed by atoms with E-state index in [0.29, 0.717) is 0 Å². The summed E-state index contributed by atoms with van der Waals surface area (Å²) in [6.07, 6.45) is 2.40. The molecule has 1 heterocycles. The minimum Gasteiger partial charge on any atom is -0.360 e. The molecular formula is C7H15NO. The summed E-state index contributed by atoms with van der Waals surface area (Å²) in [6, 6.07) is 0. The van der Waals surface area contributed by atoms with Crippen LogP contribution in [0.1, 0.15) is 26.7 Å². The van der Waals surface area contributed by atoms with E-state index in [1.54, 1.807) is 0 Å². The van der Waals surface area contributed by atoms with Gasteiger partial charge in [0.15, 0.2) is 0 Å². The molecule has 1 unspecified atom stereocenters. The van der Waals surface area contributed by atoms with E-state index in [2.05, 4.69) is 19.2 Å². The quantitative estimate of drug-likeness (QED) is 0.455. The van der Waals surface area contributed by atoms with Crippen LogP contribution in [0.15, 0.2) is 0 Å². The highest BCUT2D eigenvalue weighted by Gasteiger charge is 2.37. The van der Waals surface area contributed by atoms with Gasteiger partial charge < -0.3 is 4.74 Å². The Morgan fingerprint density at radius 3 is 2.78 bits per heavy atom. The molecule has 1 fully saturated rings. The van der Waals surface area contributed by atoms with Crippen molar-refractivity contribution in [2.45, 2.75) is 32.4 Å². The van der Waals surface area contributed by atoms with Crippen molar-refractivity contribution in [2.75, 3.05) is 13.2 Å². The van der Waals surface area contributed by atoms with Crippen LogP contribution in [0.4, 0.5) is 0 Å². The molecule has 0 aromatic heterocycles. The van der Waals surface area contributed by atoms with Gasteiger partial charge in [0.25, 0.3) is 0 Å². The van der Waals surface area contributed by atoms with Gasteiger partial charge in [-0.15, -0.1) is 0 Å². The van der Waals surface area contributed by atoms with E-state index in [1.807, 2.05) is 0 Å². The van der Waals surface area contributed by atoms with Gasteiger partial charge in [-0.3, -0.25) is 5.32 Å². The molecule has 1 aliphatic rings. The first-order valence-electron chi connectivity index (χ1n) is 3.66. The summed E-state index contributed by atoms with van der Waals surface area (Å²) >= 11 is 0. The first-order valence-corrected chi connectivity index (χ1v) is 3.66. The second-order valence-corrected chi connectivity index (χ2v) is 2.79. The molecule has 2 nitrogen and oxygen atoms in total. The van der Waals surface area contributed by atoms with Crippen LogP contribution in [0.25, 0.3) is 0 Å². The monoisotopic (exact) mass is 129 g/mol. The van der Waals surface area contributed by atoms with Gasteiger partial charge in [0.2, 0.25) is 0 Å². The zero-order valence-corrected chi connectivity index (χ0v) is 6.24. The highest BCUT2D eigenvalue weighted by Crippen LogP contribution is 2.16. The lowest BCUT2D eigenvalue weighted by molar-refractivity contribution is 0.0412. The fraction of sp³-hybridized carbons (Fsp3) is 1.00. The van der Waals surface area contributed by atoms with E-state index >= 15 is 0 Å². The van der Waals surface area contributed by atoms with Crippen LogP contribution in [-0.2, 0) is 4.74 Å². The molecule has 1 rings (SSSR count). The predicted molar refractivity (Wildman–Crippen MR) is 37.3 cm³/mol. The lowest BCUT2D eigenvalue weighted by atomic mass is 10.3. The summed E-state index contributed by atoms with van der Waals surface area (Å²) in [5, 5.41) is 3.15. The fourth-order valence-corrected chi connectivity index (χ4v) is 0.668. The molecule has 0 aromatic carbocycles. The third-order valence-corrected chi connectivity index (χ3v) is 1.59. The third kappa shape index (κ3) is 2.33. The summed E-state index contributed by atoms with van der Waals surface area (Å²) in [4.78, 5) is 0. The number of rotatable bonds is 4. The molecule has 1 aliphatic heterocycles. The van der Waals surface area contributed by atoms with E-state index in [-0.39, 0.29) is 5.72 Å². The SMILES string of the molecule is CCCCOC1(C)CN1. The van der Waals surface area contributed by atoms with E-state index in [0.717, 1.165) is 13.2 Å². The first kappa shape index (κ1) is 7.03. The minimum atomic E-state index is 0.0508. The van der Waals surface area contributed by atoms with E-state index < -0.39 is 0 Å². The number of hydrogen-bond acceptors (Lipinski definition) is 2. The maximum atomic E-state index is 5.47. The Kier molecular flexibility index (Phi) is 2.09. The molecule has 0 saturated carbocycles. The summed E-state index contributed by atoms with van der Waals surface area (Å²) in [5.41, 5.74) is 0.0508. The summed E-state index contributed by atoms with van der Waals surface area (Å²) in [5.74, 6) is 0. The smallest absolute Gasteiger partial charge is 0.129 e. The van der Waals surface area contributed by atoms with Crippen molar-refractivity contribution in [3.63, 3.8) is 0 Å². The molecule has 0 spiro atoms. The van der Waals surface area contributed by atoms with Crippen molar-refractivity contribution in [1.82, 2.24) is 5.32 Å². The van der Waals surface area contributed by atoms with E-state index in [9.17, 15) is 0 Å². The number of nitrogens with one attached hydrogen (secondary N) is 1. The van der Waals surface area contributed by atoms with Crippen LogP contribution in [0.2, 0.25) is 0 Å². The van der Waals surface area contributed by atoms with Gasteiger partial charge in [0.05, 0.1) is 0 Å². The van der Waals surface area contributed by atoms with Gasteiger partial charge in [-0.05, 0) is 13.3 Å². The molecule has 0 aliphatic carbocycles. The van der Waals surface area contributed by atoms with Crippen LogP contribution < -0.4 is 5.32 Å². The number of ether oxygens (including phenoxy) is 1. The van der Waals surface area contributed by atoms with Crippen molar-refractivity contribution in [3.05, 3.63) is 0 Å². The largest absolute Gasteiger partial charge is 0.360 e. The van der Waals surface area contributed by atoms with E-state index in [1.165, 1.54) is 12.8 Å². The van der Waals surface area contributed by atoms with Gasteiger partial charge in [-0.25, -0.2) is 0 Å². The first-order chi connectivity index (χ1) is 4.27. The van der Waals surface area contributed by atoms with Crippen LogP contribution >= 0.6 is 0 Å². The highest BCUT2D eigenvalue weighted by atomic mass is 16.5. The number of unbranched alkanes of at least 4 members (excludes halogenated alkanes) is 1. The average molecular weight is 129 g/mol. The van der Waals surface area contributed by atoms with Crippen molar-refractivity contribution in [1.29, 1.82) is 0 Å². The molecule has 0 aromatic rings. The Hall–Kier alpha value is -0.0800. The van der Waals surface area contributed by atoms with Gasteiger partial charge in [-0.2, -0.15) is 0 Å². The molecule has 0 bridgehead atoms. The Bertz CT molecular complexity index is 88.9. The van der Waals surface area contributed by atoms with E-state index in [4.69, 9.17) is 4.74 Å². The second kappa shape index (κ2) is 2.67. The standard InChI is InChI=1S/C7H15NO/c1-3-4-5-9-7(2)6-8-7/h8H,3-6H2,1-2H3. The maximum absolute atomic E-state index is 5.47. The molecular weight excluding hydrogens is 114 g/mol. The normalized spacial score (nSPS) is 32.7. The lowest BCUT2D eigenvalue weighted by Gasteiger charge is -2.06. The highest BCUT2D eigenvalue weighted by molar-refractivity contribution is 4.89. The van der Waals surface area contributed by atoms with Gasteiger partial charge >= 0.3 is 0 Å². The fourth-order valence-electron chi connectivity index (χ4n) is 0.668. The van der Waals surface area contributed by atoms with Crippen molar-refractivity contribution in [2.24, 2.45) is 0 Å². The molecule has 0 amide bonds. The summed E-state index contributed by atoms with van der Waals surface area (Å²) in [6.45, 7) is 6.19. The molecule has 1 N–H and O–H groups in total. The Morgan fingerprint density at radius 2 is 2.33 bits per heavy atom. The van der Waals surface area contributed by atoms with Gasteiger partial charge in [0, 0.05) is 13.2 Å². The third-order valence-electron chi connectivity index (χ3n) is 1.59. The Balaban J connectivity index is 1.92. The van der Waals surface area contributed by atoms with Gasteiger partial charge in [0.1, 0.15) is 5.72 Å². The van der Waals surface area contributed by atoms with Gasteiger partial charge in [-0.1, -0.05) is 13.3 Å². The van der Waals surface area contributed by atoms with Crippen LogP contribution in [-0.4, -0.2) is 18.9 Å². The topological polar surface area (TPSA) is 31.2 Å². The lowest BCUT2D eigenvalue weighted by Crippen LogP contribution is -2.15. The van der Waals surface area contributed by atoms with Crippen LogP contribution in [0.5, 0.6) is 0 Å². The maximum Gasteiger partial charge on any atom is 0.129 e. The Morgan fingerprint density at radius 1 is 1.67 bits per heavy atom. The molecule has 1 atom stereocenters. The molecule has 54 valence electrons. The number of hydrogen-bond donors (Lipinski definition) is 1. The zero-order chi connectivity index (χ0) is 6.74. The van der Waals surface area contributed by atoms with Crippen LogP contribution in [0.3, 0.4) is 0 Å². The Labute approximate surface area is 56.6 Å². The minimum absolute atomic E-state index is 0.0508. The predicted octanol–water partition coefficient (Wildman–Crippen LogP) is 1.12. The molecule has 0 radical (unpaired) electrons. The van der Waals surface area contributed by atoms with Crippen molar-refractivity contribution >= 4 is 0 Å². The summed E-state index contributed by atoms with van der Waals surface area (Å²) in [7, 11) is 0. The summed E-state index contributed by atoms with van der Waals surface area (Å²) < 4.78 is 5.47. The molecule has 9 heavy (non-hydrogen) atoms. The second-order valence-electron chi connectivity index (χ2n) is 2.79. The van der Waals surface area contributed by atoms with Crippen LogP contribution in [0, 0.1) is 0 Å². The molecule has 2 heteroatoms.